The summed E-state index contributed by atoms with van der Waals surface area (Å²) in [5.74, 6) is 1.05. The number of fused-ring (bicyclic) bond motifs is 1. The molecule has 4 aromatic rings. The number of amides is 1. The molecule has 1 unspecified atom stereocenters. The minimum absolute atomic E-state index is 0.181. The standard InChI is InChI=1S/C29H30ClN3O3/c1-4-19-32(28(34)22-11-7-9-13-24(22)30)26(5-2)27-31-25-14-10-8-12-23(25)29(35)33(27)20-15-17-21(18-16-20)36-6-3/h7-18,26H,4-6,19H2,1-3H3. The molecular weight excluding hydrogens is 474 g/mol. The van der Waals surface area contributed by atoms with E-state index >= 15 is 0 Å². The van der Waals surface area contributed by atoms with Crippen LogP contribution in [0, 0.1) is 0 Å². The SMILES string of the molecule is CCCN(C(=O)c1ccccc1Cl)C(CC)c1nc2ccccc2c(=O)n1-c1ccc(OCC)cc1. The maximum atomic E-state index is 13.8. The molecular formula is C29H30ClN3O3. The lowest BCUT2D eigenvalue weighted by Crippen LogP contribution is -2.39. The zero-order valence-corrected chi connectivity index (χ0v) is 21.5. The van der Waals surface area contributed by atoms with Crippen molar-refractivity contribution in [1.29, 1.82) is 0 Å². The lowest BCUT2D eigenvalue weighted by molar-refractivity contribution is 0.0659. The summed E-state index contributed by atoms with van der Waals surface area (Å²) < 4.78 is 7.21. The molecule has 0 bridgehead atoms. The van der Waals surface area contributed by atoms with E-state index in [-0.39, 0.29) is 11.5 Å². The molecule has 0 saturated heterocycles. The number of carbonyl (C=O) groups is 1. The third-order valence-corrected chi connectivity index (χ3v) is 6.43. The van der Waals surface area contributed by atoms with Gasteiger partial charge in [-0.1, -0.05) is 49.7 Å². The molecule has 0 aliphatic heterocycles. The molecule has 1 atom stereocenters. The molecule has 0 saturated carbocycles. The minimum atomic E-state index is -0.447. The Morgan fingerprint density at radius 1 is 1.00 bits per heavy atom. The van der Waals surface area contributed by atoms with E-state index in [9.17, 15) is 9.59 Å². The maximum Gasteiger partial charge on any atom is 0.266 e. The summed E-state index contributed by atoms with van der Waals surface area (Å²) in [4.78, 5) is 34.3. The summed E-state index contributed by atoms with van der Waals surface area (Å²) in [7, 11) is 0. The van der Waals surface area contributed by atoms with Crippen LogP contribution in [-0.2, 0) is 0 Å². The third kappa shape index (κ3) is 5.00. The first kappa shape index (κ1) is 25.5. The second-order valence-electron chi connectivity index (χ2n) is 8.46. The van der Waals surface area contributed by atoms with Crippen molar-refractivity contribution in [3.8, 4) is 11.4 Å². The molecule has 6 nitrogen and oxygen atoms in total. The Bertz CT molecular complexity index is 1420. The smallest absolute Gasteiger partial charge is 0.266 e. The van der Waals surface area contributed by atoms with E-state index in [1.165, 1.54) is 0 Å². The largest absolute Gasteiger partial charge is 0.494 e. The molecule has 0 spiro atoms. The zero-order valence-electron chi connectivity index (χ0n) is 20.8. The van der Waals surface area contributed by atoms with Crippen molar-refractivity contribution < 1.29 is 9.53 Å². The van der Waals surface area contributed by atoms with Gasteiger partial charge >= 0.3 is 0 Å². The molecule has 36 heavy (non-hydrogen) atoms. The number of rotatable bonds is 9. The minimum Gasteiger partial charge on any atom is -0.494 e. The van der Waals surface area contributed by atoms with Crippen LogP contribution >= 0.6 is 11.6 Å². The number of nitrogens with zero attached hydrogens (tertiary/aromatic N) is 3. The summed E-state index contributed by atoms with van der Waals surface area (Å²) in [5, 5.41) is 0.915. The molecule has 1 aromatic heterocycles. The average molecular weight is 504 g/mol. The zero-order chi connectivity index (χ0) is 25.7. The number of hydrogen-bond donors (Lipinski definition) is 0. The second-order valence-corrected chi connectivity index (χ2v) is 8.86. The molecule has 3 aromatic carbocycles. The van der Waals surface area contributed by atoms with Crippen LogP contribution in [0.25, 0.3) is 16.6 Å². The van der Waals surface area contributed by atoms with Gasteiger partial charge in [-0.25, -0.2) is 4.98 Å². The van der Waals surface area contributed by atoms with Gasteiger partial charge in [0.25, 0.3) is 11.5 Å². The molecule has 4 rings (SSSR count). The number of ether oxygens (including phenoxy) is 1. The van der Waals surface area contributed by atoms with Crippen LogP contribution in [0.3, 0.4) is 0 Å². The molecule has 1 heterocycles. The van der Waals surface area contributed by atoms with Crippen molar-refractivity contribution in [1.82, 2.24) is 14.5 Å². The fourth-order valence-electron chi connectivity index (χ4n) is 4.45. The Kier molecular flexibility index (Phi) is 8.06. The molecule has 0 radical (unpaired) electrons. The van der Waals surface area contributed by atoms with Gasteiger partial charge in [-0.05, 0) is 68.3 Å². The van der Waals surface area contributed by atoms with Crippen LogP contribution in [-0.4, -0.2) is 33.5 Å². The van der Waals surface area contributed by atoms with Gasteiger partial charge in [0.1, 0.15) is 11.6 Å². The average Bonchev–Trinajstić information content (AvgIpc) is 2.89. The summed E-state index contributed by atoms with van der Waals surface area (Å²) >= 11 is 6.40. The van der Waals surface area contributed by atoms with Gasteiger partial charge in [0.05, 0.1) is 39.8 Å². The highest BCUT2D eigenvalue weighted by Gasteiger charge is 2.30. The van der Waals surface area contributed by atoms with Crippen LogP contribution in [0.2, 0.25) is 5.02 Å². The Morgan fingerprint density at radius 3 is 2.36 bits per heavy atom. The molecule has 0 N–H and O–H groups in total. The van der Waals surface area contributed by atoms with Gasteiger partial charge in [-0.2, -0.15) is 0 Å². The number of para-hydroxylation sites is 1. The Balaban J connectivity index is 1.92. The first-order valence-corrected chi connectivity index (χ1v) is 12.7. The molecule has 1 amide bonds. The van der Waals surface area contributed by atoms with Crippen molar-refractivity contribution >= 4 is 28.4 Å². The molecule has 0 aliphatic carbocycles. The van der Waals surface area contributed by atoms with E-state index in [4.69, 9.17) is 21.3 Å². The van der Waals surface area contributed by atoms with Gasteiger partial charge in [0.15, 0.2) is 0 Å². The van der Waals surface area contributed by atoms with Crippen LogP contribution in [0.5, 0.6) is 5.75 Å². The first-order valence-electron chi connectivity index (χ1n) is 12.3. The van der Waals surface area contributed by atoms with E-state index in [2.05, 4.69) is 0 Å². The number of hydrogen-bond acceptors (Lipinski definition) is 4. The highest BCUT2D eigenvalue weighted by molar-refractivity contribution is 6.33. The predicted octanol–water partition coefficient (Wildman–Crippen LogP) is 6.44. The monoisotopic (exact) mass is 503 g/mol. The quantitative estimate of drug-likeness (QED) is 0.263. The van der Waals surface area contributed by atoms with Crippen molar-refractivity contribution in [2.45, 2.75) is 39.7 Å². The summed E-state index contributed by atoms with van der Waals surface area (Å²) in [5.41, 5.74) is 1.51. The third-order valence-electron chi connectivity index (χ3n) is 6.10. The fraction of sp³-hybridized carbons (Fsp3) is 0.276. The highest BCUT2D eigenvalue weighted by atomic mass is 35.5. The van der Waals surface area contributed by atoms with Crippen molar-refractivity contribution in [2.24, 2.45) is 0 Å². The lowest BCUT2D eigenvalue weighted by atomic mass is 10.1. The van der Waals surface area contributed by atoms with Crippen LogP contribution in [0.4, 0.5) is 0 Å². The number of carbonyl (C=O) groups excluding carboxylic acids is 1. The number of benzene rings is 3. The second kappa shape index (κ2) is 11.4. The van der Waals surface area contributed by atoms with Gasteiger partial charge in [-0.15, -0.1) is 0 Å². The number of halogens is 1. The normalized spacial score (nSPS) is 11.9. The van der Waals surface area contributed by atoms with E-state index in [0.29, 0.717) is 52.6 Å². The van der Waals surface area contributed by atoms with E-state index in [1.54, 1.807) is 39.8 Å². The number of aromatic nitrogens is 2. The maximum absolute atomic E-state index is 13.8. The lowest BCUT2D eigenvalue weighted by Gasteiger charge is -2.32. The summed E-state index contributed by atoms with van der Waals surface area (Å²) in [6, 6.07) is 21.3. The van der Waals surface area contributed by atoms with Crippen molar-refractivity contribution in [3.63, 3.8) is 0 Å². The summed E-state index contributed by atoms with van der Waals surface area (Å²) in [6.45, 7) is 6.99. The molecule has 0 fully saturated rings. The molecule has 0 aliphatic rings. The molecule has 186 valence electrons. The Morgan fingerprint density at radius 2 is 1.69 bits per heavy atom. The topological polar surface area (TPSA) is 64.4 Å². The van der Waals surface area contributed by atoms with Crippen LogP contribution in [0.15, 0.2) is 77.6 Å². The molecule has 7 heteroatoms. The predicted molar refractivity (Wildman–Crippen MR) is 144 cm³/mol. The van der Waals surface area contributed by atoms with Crippen molar-refractivity contribution in [2.75, 3.05) is 13.2 Å². The van der Waals surface area contributed by atoms with Crippen LogP contribution in [0.1, 0.15) is 55.8 Å². The van der Waals surface area contributed by atoms with Crippen LogP contribution < -0.4 is 10.3 Å². The Labute approximate surface area is 216 Å². The Hall–Kier alpha value is -3.64. The van der Waals surface area contributed by atoms with E-state index in [0.717, 1.165) is 12.2 Å². The summed E-state index contributed by atoms with van der Waals surface area (Å²) in [6.07, 6.45) is 1.31. The van der Waals surface area contributed by atoms with Crippen molar-refractivity contribution in [3.05, 3.63) is 99.6 Å². The van der Waals surface area contributed by atoms with Gasteiger partial charge in [-0.3, -0.25) is 14.2 Å². The van der Waals surface area contributed by atoms with Gasteiger partial charge in [0, 0.05) is 6.54 Å². The fourth-order valence-corrected chi connectivity index (χ4v) is 4.67. The highest BCUT2D eigenvalue weighted by Crippen LogP contribution is 2.29. The first-order chi connectivity index (χ1) is 17.5. The van der Waals surface area contributed by atoms with Gasteiger partial charge in [0.2, 0.25) is 0 Å². The van der Waals surface area contributed by atoms with E-state index < -0.39 is 6.04 Å². The van der Waals surface area contributed by atoms with E-state index in [1.807, 2.05) is 63.2 Å². The van der Waals surface area contributed by atoms with Gasteiger partial charge < -0.3 is 9.64 Å².